The van der Waals surface area contributed by atoms with E-state index in [9.17, 15) is 4.39 Å². The molecule has 1 atom stereocenters. The van der Waals surface area contributed by atoms with Gasteiger partial charge >= 0.3 is 0 Å². The number of hydrogen-bond acceptors (Lipinski definition) is 2. The van der Waals surface area contributed by atoms with E-state index >= 15 is 0 Å². The Kier molecular flexibility index (Phi) is 5.34. The Balaban J connectivity index is 1.97. The Morgan fingerprint density at radius 3 is 2.37 bits per heavy atom. The van der Waals surface area contributed by atoms with Crippen molar-refractivity contribution in [3.05, 3.63) is 35.6 Å². The molecule has 1 saturated carbocycles. The Bertz CT molecular complexity index is 369. The Morgan fingerprint density at radius 2 is 1.84 bits per heavy atom. The van der Waals surface area contributed by atoms with Gasteiger partial charge in [-0.05, 0) is 42.4 Å². The number of nitrogens with one attached hydrogen (secondary N) is 1. The van der Waals surface area contributed by atoms with Crippen LogP contribution in [0.3, 0.4) is 0 Å². The summed E-state index contributed by atoms with van der Waals surface area (Å²) in [5.74, 6) is 7.00. The first kappa shape index (κ1) is 14.5. The van der Waals surface area contributed by atoms with Crippen molar-refractivity contribution >= 4 is 0 Å². The van der Waals surface area contributed by atoms with Crippen LogP contribution in [0.1, 0.15) is 57.1 Å². The summed E-state index contributed by atoms with van der Waals surface area (Å²) < 4.78 is 13.0. The van der Waals surface area contributed by atoms with E-state index in [1.165, 1.54) is 50.7 Å². The zero-order valence-corrected chi connectivity index (χ0v) is 11.7. The molecular weight excluding hydrogens is 239 g/mol. The summed E-state index contributed by atoms with van der Waals surface area (Å²) in [5.41, 5.74) is 4.03. The number of halogens is 1. The molecule has 0 aliphatic heterocycles. The van der Waals surface area contributed by atoms with Crippen LogP contribution in [0, 0.1) is 17.7 Å². The van der Waals surface area contributed by atoms with Crippen LogP contribution < -0.4 is 11.3 Å². The van der Waals surface area contributed by atoms with E-state index in [2.05, 4.69) is 12.3 Å². The van der Waals surface area contributed by atoms with Crippen molar-refractivity contribution < 1.29 is 4.39 Å². The average molecular weight is 264 g/mol. The minimum absolute atomic E-state index is 0.156. The highest BCUT2D eigenvalue weighted by molar-refractivity contribution is 5.20. The number of rotatable bonds is 5. The molecule has 1 aromatic carbocycles. The fraction of sp³-hybridized carbons (Fsp3) is 0.625. The quantitative estimate of drug-likeness (QED) is 0.624. The number of benzene rings is 1. The first-order valence-corrected chi connectivity index (χ1v) is 7.46. The molecule has 1 aromatic rings. The first-order chi connectivity index (χ1) is 9.24. The van der Waals surface area contributed by atoms with Crippen LogP contribution >= 0.6 is 0 Å². The van der Waals surface area contributed by atoms with Gasteiger partial charge in [-0.1, -0.05) is 44.7 Å². The van der Waals surface area contributed by atoms with E-state index in [1.807, 2.05) is 12.1 Å². The maximum absolute atomic E-state index is 13.0. The molecule has 0 spiro atoms. The molecule has 0 saturated heterocycles. The molecule has 0 radical (unpaired) electrons. The van der Waals surface area contributed by atoms with Crippen LogP contribution in [-0.2, 0) is 0 Å². The van der Waals surface area contributed by atoms with Gasteiger partial charge in [0.25, 0.3) is 0 Å². The molecule has 1 fully saturated rings. The average Bonchev–Trinajstić information content (AvgIpc) is 2.44. The van der Waals surface area contributed by atoms with Crippen LogP contribution in [0.15, 0.2) is 24.3 Å². The van der Waals surface area contributed by atoms with Crippen molar-refractivity contribution in [3.8, 4) is 0 Å². The van der Waals surface area contributed by atoms with Gasteiger partial charge in [-0.25, -0.2) is 4.39 Å². The van der Waals surface area contributed by atoms with E-state index in [0.29, 0.717) is 5.92 Å². The zero-order chi connectivity index (χ0) is 13.7. The third-order valence-electron chi connectivity index (χ3n) is 4.47. The summed E-state index contributed by atoms with van der Waals surface area (Å²) in [4.78, 5) is 0. The van der Waals surface area contributed by atoms with Crippen molar-refractivity contribution in [1.82, 2.24) is 5.43 Å². The molecule has 2 rings (SSSR count). The van der Waals surface area contributed by atoms with Gasteiger partial charge in [-0.15, -0.1) is 0 Å². The molecule has 0 bridgehead atoms. The number of nitrogens with two attached hydrogens (primary N) is 1. The molecule has 19 heavy (non-hydrogen) atoms. The molecule has 3 heteroatoms. The van der Waals surface area contributed by atoms with Gasteiger partial charge < -0.3 is 0 Å². The largest absolute Gasteiger partial charge is 0.271 e. The molecule has 1 aliphatic rings. The topological polar surface area (TPSA) is 38.0 Å². The van der Waals surface area contributed by atoms with Crippen molar-refractivity contribution in [1.29, 1.82) is 0 Å². The summed E-state index contributed by atoms with van der Waals surface area (Å²) >= 11 is 0. The summed E-state index contributed by atoms with van der Waals surface area (Å²) in [7, 11) is 0. The minimum atomic E-state index is -0.189. The third kappa shape index (κ3) is 3.77. The van der Waals surface area contributed by atoms with Crippen molar-refractivity contribution in [2.24, 2.45) is 17.7 Å². The summed E-state index contributed by atoms with van der Waals surface area (Å²) in [5, 5.41) is 0. The predicted octanol–water partition coefficient (Wildman–Crippen LogP) is 3.94. The van der Waals surface area contributed by atoms with Crippen LogP contribution in [0.2, 0.25) is 0 Å². The van der Waals surface area contributed by atoms with Crippen molar-refractivity contribution in [2.75, 3.05) is 0 Å². The predicted molar refractivity (Wildman–Crippen MR) is 76.8 cm³/mol. The fourth-order valence-electron chi connectivity index (χ4n) is 3.39. The SMILES string of the molecule is CCCC1CCC(C(NN)c2ccc(F)cc2)CC1. The van der Waals surface area contributed by atoms with Crippen molar-refractivity contribution in [2.45, 2.75) is 51.5 Å². The molecule has 0 aromatic heterocycles. The van der Waals surface area contributed by atoms with Crippen molar-refractivity contribution in [3.63, 3.8) is 0 Å². The van der Waals surface area contributed by atoms with E-state index in [1.54, 1.807) is 0 Å². The molecule has 106 valence electrons. The first-order valence-electron chi connectivity index (χ1n) is 7.46. The van der Waals surface area contributed by atoms with Gasteiger partial charge in [0, 0.05) is 6.04 Å². The maximum atomic E-state index is 13.0. The van der Waals surface area contributed by atoms with E-state index in [4.69, 9.17) is 5.84 Å². The molecular formula is C16H25FN2. The second-order valence-corrected chi connectivity index (χ2v) is 5.77. The van der Waals surface area contributed by atoms with Gasteiger partial charge in [-0.2, -0.15) is 0 Å². The van der Waals surface area contributed by atoms with Gasteiger partial charge in [0.2, 0.25) is 0 Å². The van der Waals surface area contributed by atoms with E-state index in [-0.39, 0.29) is 11.9 Å². The third-order valence-corrected chi connectivity index (χ3v) is 4.47. The van der Waals surface area contributed by atoms with Gasteiger partial charge in [0.05, 0.1) is 0 Å². The minimum Gasteiger partial charge on any atom is -0.271 e. The van der Waals surface area contributed by atoms with Gasteiger partial charge in [0.1, 0.15) is 5.82 Å². The van der Waals surface area contributed by atoms with Gasteiger partial charge in [-0.3, -0.25) is 11.3 Å². The maximum Gasteiger partial charge on any atom is 0.123 e. The lowest BCUT2D eigenvalue weighted by Gasteiger charge is -2.33. The van der Waals surface area contributed by atoms with E-state index < -0.39 is 0 Å². The lowest BCUT2D eigenvalue weighted by molar-refractivity contribution is 0.215. The van der Waals surface area contributed by atoms with Crippen LogP contribution in [0.25, 0.3) is 0 Å². The lowest BCUT2D eigenvalue weighted by atomic mass is 9.75. The number of hydrazine groups is 1. The number of hydrogen-bond donors (Lipinski definition) is 2. The smallest absolute Gasteiger partial charge is 0.123 e. The second-order valence-electron chi connectivity index (χ2n) is 5.77. The normalized spacial score (nSPS) is 25.2. The van der Waals surface area contributed by atoms with E-state index in [0.717, 1.165) is 11.5 Å². The molecule has 0 heterocycles. The molecule has 1 aliphatic carbocycles. The highest BCUT2D eigenvalue weighted by Crippen LogP contribution is 2.38. The van der Waals surface area contributed by atoms with Crippen LogP contribution in [0.5, 0.6) is 0 Å². The Hall–Kier alpha value is -0.930. The zero-order valence-electron chi connectivity index (χ0n) is 11.7. The van der Waals surface area contributed by atoms with Crippen LogP contribution in [0.4, 0.5) is 4.39 Å². The highest BCUT2D eigenvalue weighted by atomic mass is 19.1. The van der Waals surface area contributed by atoms with Crippen LogP contribution in [-0.4, -0.2) is 0 Å². The summed E-state index contributed by atoms with van der Waals surface area (Å²) in [6.45, 7) is 2.26. The summed E-state index contributed by atoms with van der Waals surface area (Å²) in [6, 6.07) is 6.88. The standard InChI is InChI=1S/C16H25FN2/c1-2-3-12-4-6-13(7-5-12)16(19-18)14-8-10-15(17)11-9-14/h8-13,16,19H,2-7,18H2,1H3. The summed E-state index contributed by atoms with van der Waals surface area (Å²) in [6.07, 6.45) is 7.68. The lowest BCUT2D eigenvalue weighted by Crippen LogP contribution is -2.35. The Morgan fingerprint density at radius 1 is 1.21 bits per heavy atom. The fourth-order valence-corrected chi connectivity index (χ4v) is 3.39. The highest BCUT2D eigenvalue weighted by Gasteiger charge is 2.27. The molecule has 2 nitrogen and oxygen atoms in total. The monoisotopic (exact) mass is 264 g/mol. The van der Waals surface area contributed by atoms with Gasteiger partial charge in [0.15, 0.2) is 0 Å². The molecule has 3 N–H and O–H groups in total. The second kappa shape index (κ2) is 7.01. The molecule has 0 amide bonds. The Labute approximate surface area is 115 Å². The molecule has 1 unspecified atom stereocenters.